The molecule has 0 bridgehead atoms. The van der Waals surface area contributed by atoms with Gasteiger partial charge in [0, 0.05) is 36.1 Å². The molecule has 0 fully saturated rings. The fourth-order valence-electron chi connectivity index (χ4n) is 1.78. The van der Waals surface area contributed by atoms with Crippen LogP contribution in [-0.4, -0.2) is 9.13 Å². The predicted octanol–water partition coefficient (Wildman–Crippen LogP) is 3.47. The molecule has 0 aromatic carbocycles. The first-order valence-electron chi connectivity index (χ1n) is 4.87. The van der Waals surface area contributed by atoms with Gasteiger partial charge in [0.15, 0.2) is 0 Å². The van der Waals surface area contributed by atoms with Crippen molar-refractivity contribution in [3.05, 3.63) is 49.4 Å². The van der Waals surface area contributed by atoms with Gasteiger partial charge in [-0.15, -0.1) is 0 Å². The highest BCUT2D eigenvalue weighted by Gasteiger charge is 2.07. The summed E-state index contributed by atoms with van der Waals surface area (Å²) in [6.07, 6.45) is 7.62. The molecule has 2 aromatic heterocycles. The van der Waals surface area contributed by atoms with Crippen molar-refractivity contribution in [1.82, 2.24) is 9.13 Å². The van der Waals surface area contributed by atoms with Gasteiger partial charge in [0.2, 0.25) is 0 Å². The first-order valence-corrected chi connectivity index (χ1v) is 4.87. The van der Waals surface area contributed by atoms with Crippen molar-refractivity contribution in [2.75, 3.05) is 0 Å². The molecule has 0 saturated heterocycles. The van der Waals surface area contributed by atoms with Crippen molar-refractivity contribution in [3.63, 3.8) is 0 Å². The molecule has 0 spiro atoms. The SMILES string of the molecule is C=Cn1cccc1-c1ccn(C=C)c1C. The van der Waals surface area contributed by atoms with Crippen LogP contribution in [0.3, 0.4) is 0 Å². The molecule has 0 N–H and O–H groups in total. The summed E-state index contributed by atoms with van der Waals surface area (Å²) in [5.74, 6) is 0. The summed E-state index contributed by atoms with van der Waals surface area (Å²) in [5, 5.41) is 0. The van der Waals surface area contributed by atoms with Crippen LogP contribution < -0.4 is 0 Å². The Morgan fingerprint density at radius 1 is 1.07 bits per heavy atom. The van der Waals surface area contributed by atoms with Gasteiger partial charge in [-0.3, -0.25) is 0 Å². The average molecular weight is 198 g/mol. The molecular formula is C13H14N2. The Morgan fingerprint density at radius 3 is 2.40 bits per heavy atom. The van der Waals surface area contributed by atoms with Crippen molar-refractivity contribution in [3.8, 4) is 11.3 Å². The Hall–Kier alpha value is -1.96. The molecule has 0 amide bonds. The second-order valence-corrected chi connectivity index (χ2v) is 3.39. The van der Waals surface area contributed by atoms with Crippen molar-refractivity contribution >= 4 is 12.4 Å². The van der Waals surface area contributed by atoms with E-state index in [0.717, 1.165) is 5.69 Å². The second kappa shape index (κ2) is 3.65. The van der Waals surface area contributed by atoms with Crippen molar-refractivity contribution < 1.29 is 0 Å². The molecule has 2 heteroatoms. The number of hydrogen-bond acceptors (Lipinski definition) is 0. The molecular weight excluding hydrogens is 184 g/mol. The van der Waals surface area contributed by atoms with Crippen molar-refractivity contribution in [1.29, 1.82) is 0 Å². The molecule has 0 atom stereocenters. The van der Waals surface area contributed by atoms with Gasteiger partial charge in [-0.25, -0.2) is 0 Å². The molecule has 2 aromatic rings. The molecule has 2 rings (SSSR count). The zero-order chi connectivity index (χ0) is 10.8. The van der Waals surface area contributed by atoms with Crippen LogP contribution in [0.25, 0.3) is 23.7 Å². The molecule has 76 valence electrons. The van der Waals surface area contributed by atoms with Gasteiger partial charge < -0.3 is 9.13 Å². The maximum Gasteiger partial charge on any atom is 0.0540 e. The van der Waals surface area contributed by atoms with E-state index in [2.05, 4.69) is 32.2 Å². The highest BCUT2D eigenvalue weighted by atomic mass is 15.0. The molecule has 2 heterocycles. The number of nitrogens with zero attached hydrogens (tertiary/aromatic N) is 2. The highest BCUT2D eigenvalue weighted by molar-refractivity contribution is 5.66. The molecule has 0 radical (unpaired) electrons. The van der Waals surface area contributed by atoms with Gasteiger partial charge >= 0.3 is 0 Å². The standard InChI is InChI=1S/C13H14N2/c1-4-14-10-8-12(11(14)3)13-7-6-9-15(13)5-2/h4-10H,1-2H2,3H3. The number of aromatic nitrogens is 2. The second-order valence-electron chi connectivity index (χ2n) is 3.39. The fraction of sp³-hybridized carbons (Fsp3) is 0.0769. The summed E-state index contributed by atoms with van der Waals surface area (Å²) < 4.78 is 4.02. The first kappa shape index (κ1) is 9.59. The zero-order valence-electron chi connectivity index (χ0n) is 8.85. The molecule has 15 heavy (non-hydrogen) atoms. The average Bonchev–Trinajstić information content (AvgIpc) is 2.83. The minimum Gasteiger partial charge on any atom is -0.328 e. The highest BCUT2D eigenvalue weighted by Crippen LogP contribution is 2.25. The van der Waals surface area contributed by atoms with E-state index in [1.54, 1.807) is 12.4 Å². The van der Waals surface area contributed by atoms with Crippen LogP contribution in [0.5, 0.6) is 0 Å². The van der Waals surface area contributed by atoms with Gasteiger partial charge in [-0.1, -0.05) is 13.2 Å². The van der Waals surface area contributed by atoms with E-state index >= 15 is 0 Å². The largest absolute Gasteiger partial charge is 0.328 e. The van der Waals surface area contributed by atoms with E-state index in [1.165, 1.54) is 11.3 Å². The lowest BCUT2D eigenvalue weighted by Gasteiger charge is -2.04. The fourth-order valence-corrected chi connectivity index (χ4v) is 1.78. The van der Waals surface area contributed by atoms with Crippen molar-refractivity contribution in [2.45, 2.75) is 6.92 Å². The van der Waals surface area contributed by atoms with Crippen LogP contribution in [0.1, 0.15) is 5.69 Å². The quantitative estimate of drug-likeness (QED) is 0.714. The van der Waals surface area contributed by atoms with E-state index in [4.69, 9.17) is 0 Å². The third-order valence-electron chi connectivity index (χ3n) is 2.63. The summed E-state index contributed by atoms with van der Waals surface area (Å²) >= 11 is 0. The van der Waals surface area contributed by atoms with Crippen LogP contribution in [0.2, 0.25) is 0 Å². The molecule has 0 saturated carbocycles. The third-order valence-corrected chi connectivity index (χ3v) is 2.63. The third kappa shape index (κ3) is 1.44. The van der Waals surface area contributed by atoms with Crippen LogP contribution in [0.4, 0.5) is 0 Å². The van der Waals surface area contributed by atoms with Crippen LogP contribution >= 0.6 is 0 Å². The van der Waals surface area contributed by atoms with Gasteiger partial charge in [0.05, 0.1) is 5.69 Å². The summed E-state index contributed by atoms with van der Waals surface area (Å²) in [5.41, 5.74) is 3.55. The minimum absolute atomic E-state index is 1.16. The maximum absolute atomic E-state index is 3.78. The molecule has 0 aliphatic rings. The van der Waals surface area contributed by atoms with Gasteiger partial charge in [0.25, 0.3) is 0 Å². The lowest BCUT2D eigenvalue weighted by atomic mass is 10.2. The smallest absolute Gasteiger partial charge is 0.0540 e. The Balaban J connectivity index is 2.58. The lowest BCUT2D eigenvalue weighted by molar-refractivity contribution is 1.08. The van der Waals surface area contributed by atoms with E-state index in [-0.39, 0.29) is 0 Å². The van der Waals surface area contributed by atoms with E-state index in [0.29, 0.717) is 0 Å². The normalized spacial score (nSPS) is 10.2. The Kier molecular flexibility index (Phi) is 2.34. The van der Waals surface area contributed by atoms with E-state index < -0.39 is 0 Å². The lowest BCUT2D eigenvalue weighted by Crippen LogP contribution is -1.91. The Morgan fingerprint density at radius 2 is 1.80 bits per heavy atom. The Labute approximate surface area is 89.8 Å². The van der Waals surface area contributed by atoms with Crippen LogP contribution in [0, 0.1) is 6.92 Å². The summed E-state index contributed by atoms with van der Waals surface area (Å²) in [7, 11) is 0. The summed E-state index contributed by atoms with van der Waals surface area (Å²) in [6, 6.07) is 6.19. The minimum atomic E-state index is 1.16. The van der Waals surface area contributed by atoms with Gasteiger partial charge in [-0.05, 0) is 25.1 Å². The van der Waals surface area contributed by atoms with E-state index in [9.17, 15) is 0 Å². The number of hydrogen-bond donors (Lipinski definition) is 0. The van der Waals surface area contributed by atoms with Crippen LogP contribution in [-0.2, 0) is 0 Å². The summed E-state index contributed by atoms with van der Waals surface area (Å²) in [4.78, 5) is 0. The summed E-state index contributed by atoms with van der Waals surface area (Å²) in [6.45, 7) is 9.63. The zero-order valence-corrected chi connectivity index (χ0v) is 8.85. The predicted molar refractivity (Wildman–Crippen MR) is 65.4 cm³/mol. The molecule has 0 unspecified atom stereocenters. The molecule has 2 nitrogen and oxygen atoms in total. The maximum atomic E-state index is 3.78. The number of rotatable bonds is 3. The topological polar surface area (TPSA) is 9.86 Å². The van der Waals surface area contributed by atoms with E-state index in [1.807, 2.05) is 27.6 Å². The van der Waals surface area contributed by atoms with Gasteiger partial charge in [-0.2, -0.15) is 0 Å². The van der Waals surface area contributed by atoms with Crippen molar-refractivity contribution in [2.24, 2.45) is 0 Å². The Bertz CT molecular complexity index is 500. The molecule has 0 aliphatic carbocycles. The monoisotopic (exact) mass is 198 g/mol. The van der Waals surface area contributed by atoms with Gasteiger partial charge in [0.1, 0.15) is 0 Å². The molecule has 0 aliphatic heterocycles. The van der Waals surface area contributed by atoms with Crippen LogP contribution in [0.15, 0.2) is 43.8 Å². The first-order chi connectivity index (χ1) is 7.27.